The summed E-state index contributed by atoms with van der Waals surface area (Å²) in [4.78, 5) is 139. The minimum Gasteiger partial charge on any atom is -0.462 e. The van der Waals surface area contributed by atoms with Gasteiger partial charge in [0.15, 0.2) is 0 Å². The molecule has 538 valence electrons. The lowest BCUT2D eigenvalue weighted by molar-refractivity contribution is -0.150. The highest BCUT2D eigenvalue weighted by Gasteiger charge is 2.43. The number of carbonyl (C=O) groups is 12. The summed E-state index contributed by atoms with van der Waals surface area (Å²) in [5.74, 6) is -5.40. The summed E-state index contributed by atoms with van der Waals surface area (Å²) >= 11 is 0. The van der Waals surface area contributed by atoms with Gasteiger partial charge in [-0.2, -0.15) is 0 Å². The first-order valence-corrected chi connectivity index (χ1v) is 30.3. The van der Waals surface area contributed by atoms with E-state index < -0.39 is 72.0 Å². The second-order valence-corrected chi connectivity index (χ2v) is 23.7. The van der Waals surface area contributed by atoms with Crippen molar-refractivity contribution in [3.05, 3.63) is 111 Å². The maximum Gasteiger partial charge on any atom is 0.407 e. The van der Waals surface area contributed by atoms with Crippen LogP contribution in [0, 0.1) is 21.7 Å². The number of esters is 10. The van der Waals surface area contributed by atoms with Crippen LogP contribution in [0.5, 0.6) is 0 Å². The van der Waals surface area contributed by atoms with Crippen LogP contribution in [0.4, 0.5) is 9.59 Å². The number of benzene rings is 1. The Morgan fingerprint density at radius 2 is 0.708 bits per heavy atom. The van der Waals surface area contributed by atoms with Crippen LogP contribution in [-0.2, 0) is 99.9 Å². The van der Waals surface area contributed by atoms with Crippen LogP contribution in [-0.4, -0.2) is 176 Å². The van der Waals surface area contributed by atoms with E-state index in [-0.39, 0.29) is 164 Å². The fourth-order valence-corrected chi connectivity index (χ4v) is 10.5. The molecule has 2 fully saturated rings. The monoisotopic (exact) mass is 1360 g/mol. The van der Waals surface area contributed by atoms with E-state index in [1.807, 2.05) is 0 Å². The van der Waals surface area contributed by atoms with Crippen molar-refractivity contribution in [1.82, 2.24) is 10.6 Å². The lowest BCUT2D eigenvalue weighted by atomic mass is 9.61. The third-order valence-corrected chi connectivity index (χ3v) is 13.8. The molecular formula is C69H102N2O25. The van der Waals surface area contributed by atoms with Gasteiger partial charge in [-0.15, -0.1) is 0 Å². The molecule has 0 aliphatic heterocycles. The van der Waals surface area contributed by atoms with Crippen molar-refractivity contribution >= 4 is 71.9 Å². The van der Waals surface area contributed by atoms with Gasteiger partial charge >= 0.3 is 71.9 Å². The van der Waals surface area contributed by atoms with E-state index >= 15 is 0 Å². The molecule has 2 N–H and O–H groups in total. The van der Waals surface area contributed by atoms with Gasteiger partial charge in [0.2, 0.25) is 0 Å². The Morgan fingerprint density at radius 3 is 1.05 bits per heavy atom. The molecule has 27 nitrogen and oxygen atoms in total. The summed E-state index contributed by atoms with van der Waals surface area (Å²) in [6, 6.07) is 5.24. The molecule has 2 aliphatic rings. The van der Waals surface area contributed by atoms with Crippen LogP contribution >= 0.6 is 0 Å². The quantitative estimate of drug-likeness (QED) is 0.0271. The third kappa shape index (κ3) is 41.5. The van der Waals surface area contributed by atoms with Crippen LogP contribution in [0.3, 0.4) is 0 Å². The molecule has 1 aromatic carbocycles. The Bertz CT molecular complexity index is 2650. The van der Waals surface area contributed by atoms with Crippen molar-refractivity contribution in [3.8, 4) is 0 Å². The molecule has 0 bridgehead atoms. The van der Waals surface area contributed by atoms with Crippen molar-refractivity contribution in [2.75, 3.05) is 85.9 Å². The van der Waals surface area contributed by atoms with Crippen LogP contribution in [0.2, 0.25) is 0 Å². The Labute approximate surface area is 564 Å². The number of alkyl carbamates (subject to hydrolysis) is 2. The van der Waals surface area contributed by atoms with E-state index in [0.29, 0.717) is 25.7 Å². The zero-order valence-corrected chi connectivity index (χ0v) is 55.2. The zero-order valence-electron chi connectivity index (χ0n) is 55.2. The van der Waals surface area contributed by atoms with Gasteiger partial charge in [0.05, 0.1) is 24.3 Å². The highest BCUT2D eigenvalue weighted by molar-refractivity contribution is 5.93. The summed E-state index contributed by atoms with van der Waals surface area (Å²) < 4.78 is 64.4. The molecule has 5 atom stereocenters. The molecule has 0 spiro atoms. The molecule has 3 rings (SSSR count). The second kappa shape index (κ2) is 47.7. The molecule has 2 saturated carbocycles. The normalized spacial score (nSPS) is 17.8. The Kier molecular flexibility index (Phi) is 44.2. The topological polar surface area (TPSA) is 349 Å². The van der Waals surface area contributed by atoms with Crippen molar-refractivity contribution in [1.29, 1.82) is 0 Å². The van der Waals surface area contributed by atoms with Gasteiger partial charge in [-0.1, -0.05) is 95.9 Å². The first-order valence-electron chi connectivity index (χ1n) is 30.3. The van der Waals surface area contributed by atoms with Crippen molar-refractivity contribution in [2.24, 2.45) is 21.7 Å². The van der Waals surface area contributed by atoms with Gasteiger partial charge in [0.25, 0.3) is 0 Å². The maximum absolute atomic E-state index is 12.9. The maximum atomic E-state index is 12.9. The molecular weight excluding hydrogens is 1260 g/mol. The van der Waals surface area contributed by atoms with E-state index in [2.05, 4.69) is 111 Å². The highest BCUT2D eigenvalue weighted by Crippen LogP contribution is 2.50. The SMILES string of the molecule is C.C.C=CC(=O)OCCOC(=O)CCC1(C)CC(NC(=O)OC(C)COC(=O)CCC2(C)CC(NC(=O)OCCOC(=O)C=C)CC(C)(C)C2)CC(C)(C)C1.C=CC(=O)OCCOC(=O)c1ccc(C(=O)OCCOC(=O)C=C)cc1.C=CC(=O)OCCOCCOC(=O)C=C. The van der Waals surface area contributed by atoms with Gasteiger partial charge in [-0.05, 0) is 104 Å². The highest BCUT2D eigenvalue weighted by atomic mass is 16.6. The summed E-state index contributed by atoms with van der Waals surface area (Å²) in [7, 11) is 0. The Hall–Kier alpha value is -9.14. The number of rotatable bonds is 37. The summed E-state index contributed by atoms with van der Waals surface area (Å²) in [6.45, 7) is 34.1. The van der Waals surface area contributed by atoms with Crippen LogP contribution in [0.25, 0.3) is 0 Å². The molecule has 0 radical (unpaired) electrons. The molecule has 1 aromatic rings. The number of carbonyl (C=O) groups excluding carboxylic acids is 12. The lowest BCUT2D eigenvalue weighted by Gasteiger charge is -2.46. The number of hydrogen-bond donors (Lipinski definition) is 2. The number of nitrogens with one attached hydrogen (secondary N) is 2. The number of hydrogen-bond acceptors (Lipinski definition) is 25. The van der Waals surface area contributed by atoms with E-state index in [4.69, 9.17) is 42.6 Å². The minimum absolute atomic E-state index is 0. The van der Waals surface area contributed by atoms with Crippen molar-refractivity contribution in [2.45, 2.75) is 146 Å². The second-order valence-electron chi connectivity index (χ2n) is 23.7. The predicted octanol–water partition coefficient (Wildman–Crippen LogP) is 9.29. The summed E-state index contributed by atoms with van der Waals surface area (Å²) in [5.41, 5.74) is -0.229. The first-order chi connectivity index (χ1) is 44.3. The van der Waals surface area contributed by atoms with Gasteiger partial charge in [0.1, 0.15) is 78.8 Å². The largest absolute Gasteiger partial charge is 0.462 e. The summed E-state index contributed by atoms with van der Waals surface area (Å²) in [5, 5.41) is 5.89. The van der Waals surface area contributed by atoms with Crippen molar-refractivity contribution in [3.63, 3.8) is 0 Å². The number of amides is 2. The lowest BCUT2D eigenvalue weighted by Crippen LogP contribution is -2.47. The standard InChI is InChI=1S/C39H62N2O12.C18H18O8.C10H14O5.2CH4/c1-10-30(42)48-16-17-50-32(44)12-14-38(8)23-29(21-37(6,7)26-38)41-35(47)53-27(3)24-52-33(45)13-15-39(9)22-28(20-36(4,5)25-39)40-34(46)51-19-18-49-31(43)11-2;1-3-15(19)23-9-11-25-17(21)13-5-7-14(8-6-13)18(22)26-12-10-24-16(20)4-2;1-3-9(11)14-7-5-13-6-8-15-10(12)4-2;;/h10-11,27-29H,1-2,12-26H2,3-9H3,(H,40,46)(H,41,47);3-8H,1-2,9-12H2;3-4H,1-2,5-8H2;2*1H4. The van der Waals surface area contributed by atoms with Crippen LogP contribution in [0.15, 0.2) is 100 Å². The fraction of sp³-hybridized carbons (Fsp3) is 0.565. The van der Waals surface area contributed by atoms with Crippen LogP contribution < -0.4 is 10.6 Å². The van der Waals surface area contributed by atoms with Crippen molar-refractivity contribution < 1.29 is 119 Å². The van der Waals surface area contributed by atoms with Gasteiger partial charge < -0.3 is 72.2 Å². The van der Waals surface area contributed by atoms with E-state index in [1.165, 1.54) is 24.3 Å². The van der Waals surface area contributed by atoms with Crippen LogP contribution in [0.1, 0.15) is 148 Å². The van der Waals surface area contributed by atoms with Gasteiger partial charge in [0, 0.05) is 61.4 Å². The van der Waals surface area contributed by atoms with E-state index in [9.17, 15) is 57.5 Å². The molecule has 0 saturated heterocycles. The molecule has 2 amide bonds. The van der Waals surface area contributed by atoms with E-state index in [0.717, 1.165) is 62.1 Å². The Morgan fingerprint density at radius 1 is 0.417 bits per heavy atom. The zero-order chi connectivity index (χ0) is 70.8. The molecule has 5 unspecified atom stereocenters. The summed E-state index contributed by atoms with van der Waals surface area (Å²) in [6.07, 6.45) is 10.4. The molecule has 0 heterocycles. The average molecular weight is 1360 g/mol. The first kappa shape index (κ1) is 88.9. The minimum atomic E-state index is -0.674. The molecule has 2 aliphatic carbocycles. The van der Waals surface area contributed by atoms with E-state index in [1.54, 1.807) is 6.92 Å². The smallest absolute Gasteiger partial charge is 0.407 e. The Balaban J connectivity index is 0. The predicted molar refractivity (Wildman–Crippen MR) is 351 cm³/mol. The van der Waals surface area contributed by atoms with Gasteiger partial charge in [-0.25, -0.2) is 47.9 Å². The number of ether oxygens (including phenoxy) is 13. The molecule has 27 heteroatoms. The molecule has 96 heavy (non-hydrogen) atoms. The molecule has 0 aromatic heterocycles. The third-order valence-electron chi connectivity index (χ3n) is 13.8. The average Bonchev–Trinajstić information content (AvgIpc) is 0.809. The van der Waals surface area contributed by atoms with Gasteiger partial charge in [-0.3, -0.25) is 9.59 Å². The fourth-order valence-electron chi connectivity index (χ4n) is 10.5.